The highest BCUT2D eigenvalue weighted by Gasteiger charge is 1.86. The minimum Gasteiger partial charge on any atom is -0.231 e. The molecule has 0 aliphatic heterocycles. The molecule has 1 rings (SSSR count). The molecule has 0 aromatic carbocycles. The monoisotopic (exact) mass is 127 g/mol. The van der Waals surface area contributed by atoms with Crippen molar-refractivity contribution in [3.05, 3.63) is 23.2 Å². The molecule has 0 aliphatic carbocycles. The van der Waals surface area contributed by atoms with E-state index < -0.39 is 0 Å². The number of hydrogen-bond acceptors (Lipinski definition) is 2. The highest BCUT2D eigenvalue weighted by molar-refractivity contribution is 6.29. The molecule has 2 nitrogen and oxygen atoms in total. The van der Waals surface area contributed by atoms with Crippen molar-refractivity contribution in [1.82, 2.24) is 9.97 Å². The Labute approximate surface area is 52.5 Å². The molecular formula is C5H4ClN2. The normalized spacial score (nSPS) is 9.25. The molecule has 0 bridgehead atoms. The summed E-state index contributed by atoms with van der Waals surface area (Å²) in [5, 5.41) is 0.442. The van der Waals surface area contributed by atoms with Gasteiger partial charge < -0.3 is 0 Å². The summed E-state index contributed by atoms with van der Waals surface area (Å²) in [5.41, 5.74) is 0. The molecule has 0 amide bonds. The summed E-state index contributed by atoms with van der Waals surface area (Å²) in [4.78, 5) is 7.52. The van der Waals surface area contributed by atoms with Gasteiger partial charge in [0.25, 0.3) is 0 Å². The third-order valence-corrected chi connectivity index (χ3v) is 0.872. The largest absolute Gasteiger partial charge is 0.231 e. The second kappa shape index (κ2) is 2.09. The van der Waals surface area contributed by atoms with Crippen LogP contribution in [0.1, 0.15) is 5.82 Å². The number of rotatable bonds is 0. The predicted molar refractivity (Wildman–Crippen MR) is 30.6 cm³/mol. The van der Waals surface area contributed by atoms with Crippen LogP contribution in [0.25, 0.3) is 0 Å². The lowest BCUT2D eigenvalue weighted by molar-refractivity contribution is 1.05. The molecule has 1 heterocycles. The van der Waals surface area contributed by atoms with E-state index in [1.165, 1.54) is 6.07 Å². The molecule has 41 valence electrons. The molecule has 3 heteroatoms. The first-order valence-electron chi connectivity index (χ1n) is 2.16. The van der Waals surface area contributed by atoms with Crippen LogP contribution in [-0.4, -0.2) is 9.97 Å². The first-order chi connectivity index (χ1) is 3.79. The van der Waals surface area contributed by atoms with Gasteiger partial charge in [-0.3, -0.25) is 0 Å². The van der Waals surface area contributed by atoms with Gasteiger partial charge in [-0.05, 0) is 6.92 Å². The lowest BCUT2D eigenvalue weighted by Crippen LogP contribution is -1.83. The standard InChI is InChI=1S/C5H4ClN2/c1-4-7-3-2-5(6)8-4/h2H,1H3. The highest BCUT2D eigenvalue weighted by atomic mass is 35.5. The number of aromatic nitrogens is 2. The summed E-state index contributed by atoms with van der Waals surface area (Å²) < 4.78 is 0. The molecule has 0 N–H and O–H groups in total. The van der Waals surface area contributed by atoms with Crippen LogP contribution < -0.4 is 0 Å². The number of aryl methyl sites for hydroxylation is 1. The average molecular weight is 128 g/mol. The first kappa shape index (κ1) is 5.51. The summed E-state index contributed by atoms with van der Waals surface area (Å²) in [6.07, 6.45) is 2.58. The zero-order valence-electron chi connectivity index (χ0n) is 4.35. The smallest absolute Gasteiger partial charge is 0.133 e. The van der Waals surface area contributed by atoms with Crippen LogP contribution in [0.2, 0.25) is 5.15 Å². The van der Waals surface area contributed by atoms with Crippen molar-refractivity contribution in [1.29, 1.82) is 0 Å². The molecule has 1 radical (unpaired) electrons. The first-order valence-corrected chi connectivity index (χ1v) is 2.54. The van der Waals surface area contributed by atoms with Gasteiger partial charge in [-0.25, -0.2) is 9.97 Å². The lowest BCUT2D eigenvalue weighted by Gasteiger charge is -1.86. The Kier molecular flexibility index (Phi) is 1.44. The molecule has 0 aliphatic rings. The molecule has 1 aromatic heterocycles. The van der Waals surface area contributed by atoms with E-state index in [4.69, 9.17) is 11.6 Å². The van der Waals surface area contributed by atoms with Crippen molar-refractivity contribution in [2.45, 2.75) is 6.92 Å². The Bertz CT molecular complexity index is 170. The molecule has 1 aromatic rings. The van der Waals surface area contributed by atoms with Gasteiger partial charge in [0, 0.05) is 6.07 Å². The summed E-state index contributed by atoms with van der Waals surface area (Å²) in [7, 11) is 0. The van der Waals surface area contributed by atoms with E-state index in [0.29, 0.717) is 11.0 Å². The summed E-state index contributed by atoms with van der Waals surface area (Å²) in [5.74, 6) is 0.650. The third kappa shape index (κ3) is 1.17. The van der Waals surface area contributed by atoms with Crippen molar-refractivity contribution in [3.63, 3.8) is 0 Å². The molecule has 0 unspecified atom stereocenters. The van der Waals surface area contributed by atoms with Gasteiger partial charge >= 0.3 is 0 Å². The second-order valence-electron chi connectivity index (χ2n) is 1.37. The van der Waals surface area contributed by atoms with Crippen molar-refractivity contribution >= 4 is 11.6 Å². The fourth-order valence-electron chi connectivity index (χ4n) is 0.391. The van der Waals surface area contributed by atoms with E-state index in [-0.39, 0.29) is 0 Å². The quantitative estimate of drug-likeness (QED) is 0.490. The zero-order valence-corrected chi connectivity index (χ0v) is 5.11. The van der Waals surface area contributed by atoms with E-state index in [0.717, 1.165) is 0 Å². The van der Waals surface area contributed by atoms with Crippen molar-refractivity contribution < 1.29 is 0 Å². The van der Waals surface area contributed by atoms with E-state index in [1.807, 2.05) is 0 Å². The Morgan fingerprint density at radius 2 is 2.50 bits per heavy atom. The maximum Gasteiger partial charge on any atom is 0.133 e. The minimum absolute atomic E-state index is 0.442. The fourth-order valence-corrected chi connectivity index (χ4v) is 0.562. The Morgan fingerprint density at radius 1 is 1.75 bits per heavy atom. The molecule has 0 spiro atoms. The Balaban J connectivity index is 3.08. The Hall–Kier alpha value is -0.630. The molecule has 0 atom stereocenters. The van der Waals surface area contributed by atoms with Gasteiger partial charge in [0.15, 0.2) is 0 Å². The van der Waals surface area contributed by atoms with Crippen LogP contribution >= 0.6 is 11.6 Å². The van der Waals surface area contributed by atoms with Gasteiger partial charge in [0.2, 0.25) is 0 Å². The number of halogens is 1. The zero-order chi connectivity index (χ0) is 5.98. The van der Waals surface area contributed by atoms with Crippen LogP contribution in [0.3, 0.4) is 0 Å². The Morgan fingerprint density at radius 3 is 2.88 bits per heavy atom. The number of nitrogens with zero attached hydrogens (tertiary/aromatic N) is 2. The molecule has 0 saturated carbocycles. The van der Waals surface area contributed by atoms with Crippen LogP contribution in [0.15, 0.2) is 6.07 Å². The van der Waals surface area contributed by atoms with Crippen LogP contribution in [0.4, 0.5) is 0 Å². The summed E-state index contributed by atoms with van der Waals surface area (Å²) in [6, 6.07) is 1.52. The predicted octanol–water partition coefficient (Wildman–Crippen LogP) is 1.24. The maximum atomic E-state index is 5.46. The molecule has 0 fully saturated rings. The van der Waals surface area contributed by atoms with Crippen LogP contribution in [-0.2, 0) is 0 Å². The SMILES string of the molecule is Cc1n[c]cc(Cl)n1. The average Bonchev–Trinajstić information content (AvgIpc) is 1.64. The fraction of sp³-hybridized carbons (Fsp3) is 0.200. The van der Waals surface area contributed by atoms with Crippen molar-refractivity contribution in [3.8, 4) is 0 Å². The molecule has 0 saturated heterocycles. The highest BCUT2D eigenvalue weighted by Crippen LogP contribution is 1.99. The van der Waals surface area contributed by atoms with E-state index in [9.17, 15) is 0 Å². The topological polar surface area (TPSA) is 25.8 Å². The summed E-state index contributed by atoms with van der Waals surface area (Å²) >= 11 is 5.46. The maximum absolute atomic E-state index is 5.46. The number of hydrogen-bond donors (Lipinski definition) is 0. The van der Waals surface area contributed by atoms with Gasteiger partial charge in [-0.2, -0.15) is 0 Å². The van der Waals surface area contributed by atoms with E-state index in [1.54, 1.807) is 6.92 Å². The minimum atomic E-state index is 0.442. The van der Waals surface area contributed by atoms with Crippen LogP contribution in [0, 0.1) is 13.1 Å². The van der Waals surface area contributed by atoms with Gasteiger partial charge in [-0.15, -0.1) is 0 Å². The van der Waals surface area contributed by atoms with Crippen molar-refractivity contribution in [2.24, 2.45) is 0 Å². The van der Waals surface area contributed by atoms with E-state index >= 15 is 0 Å². The van der Waals surface area contributed by atoms with Crippen LogP contribution in [0.5, 0.6) is 0 Å². The molecular weight excluding hydrogens is 124 g/mol. The lowest BCUT2D eigenvalue weighted by atomic mass is 10.6. The summed E-state index contributed by atoms with van der Waals surface area (Å²) in [6.45, 7) is 1.77. The van der Waals surface area contributed by atoms with Gasteiger partial charge in [0.05, 0.1) is 6.20 Å². The van der Waals surface area contributed by atoms with E-state index in [2.05, 4.69) is 16.2 Å². The van der Waals surface area contributed by atoms with Gasteiger partial charge in [-0.1, -0.05) is 11.6 Å². The third-order valence-electron chi connectivity index (χ3n) is 0.679. The molecule has 8 heavy (non-hydrogen) atoms. The second-order valence-corrected chi connectivity index (χ2v) is 1.75. The van der Waals surface area contributed by atoms with Gasteiger partial charge in [0.1, 0.15) is 11.0 Å². The van der Waals surface area contributed by atoms with Crippen molar-refractivity contribution in [2.75, 3.05) is 0 Å².